The molecule has 6 heteroatoms. The number of pyridine rings is 1. The molecule has 2 rings (SSSR count). The Labute approximate surface area is 140 Å². The van der Waals surface area contributed by atoms with Crippen molar-refractivity contribution in [2.75, 3.05) is 5.32 Å². The van der Waals surface area contributed by atoms with E-state index >= 15 is 0 Å². The van der Waals surface area contributed by atoms with Crippen LogP contribution in [0, 0.1) is 16.7 Å². The van der Waals surface area contributed by atoms with Crippen molar-refractivity contribution in [3.8, 4) is 6.07 Å². The zero-order valence-corrected chi connectivity index (χ0v) is 13.5. The number of benzene rings is 1. The summed E-state index contributed by atoms with van der Waals surface area (Å²) in [5.74, 6) is -0.872. The number of hydrogen-bond donors (Lipinski definition) is 2. The minimum absolute atomic E-state index is 0.312. The first-order valence-electron chi connectivity index (χ1n) is 7.43. The summed E-state index contributed by atoms with van der Waals surface area (Å²) < 4.78 is 0. The lowest BCUT2D eigenvalue weighted by Gasteiger charge is -2.23. The molecule has 0 atom stereocenters. The van der Waals surface area contributed by atoms with Crippen LogP contribution < -0.4 is 10.6 Å². The summed E-state index contributed by atoms with van der Waals surface area (Å²) in [6.07, 6.45) is 3.27. The van der Waals surface area contributed by atoms with Crippen LogP contribution >= 0.6 is 0 Å². The van der Waals surface area contributed by atoms with Gasteiger partial charge >= 0.3 is 0 Å². The van der Waals surface area contributed by atoms with Gasteiger partial charge in [-0.3, -0.25) is 14.6 Å². The fourth-order valence-electron chi connectivity index (χ4n) is 1.98. The van der Waals surface area contributed by atoms with E-state index < -0.39 is 17.2 Å². The average molecular weight is 322 g/mol. The van der Waals surface area contributed by atoms with Crippen LogP contribution in [0.5, 0.6) is 0 Å². The first-order valence-corrected chi connectivity index (χ1v) is 7.43. The molecule has 1 aromatic heterocycles. The van der Waals surface area contributed by atoms with Crippen LogP contribution in [-0.2, 0) is 16.1 Å². The van der Waals surface area contributed by atoms with Gasteiger partial charge in [-0.2, -0.15) is 5.26 Å². The Bertz CT molecular complexity index is 779. The van der Waals surface area contributed by atoms with Gasteiger partial charge in [-0.25, -0.2) is 0 Å². The molecule has 2 aromatic rings. The van der Waals surface area contributed by atoms with Crippen molar-refractivity contribution in [1.29, 1.82) is 5.26 Å². The molecule has 0 fully saturated rings. The molecule has 0 aliphatic carbocycles. The minimum Gasteiger partial charge on any atom is -0.351 e. The van der Waals surface area contributed by atoms with Crippen molar-refractivity contribution in [3.05, 3.63) is 59.9 Å². The van der Waals surface area contributed by atoms with Crippen LogP contribution in [0.1, 0.15) is 25.0 Å². The molecular formula is C18H18N4O2. The van der Waals surface area contributed by atoms with Crippen LogP contribution in [0.4, 0.5) is 5.69 Å². The minimum atomic E-state index is -1.28. The predicted molar refractivity (Wildman–Crippen MR) is 89.7 cm³/mol. The average Bonchev–Trinajstić information content (AvgIpc) is 2.60. The van der Waals surface area contributed by atoms with E-state index in [-0.39, 0.29) is 0 Å². The van der Waals surface area contributed by atoms with Crippen LogP contribution in [0.25, 0.3) is 0 Å². The quantitative estimate of drug-likeness (QED) is 0.825. The summed E-state index contributed by atoms with van der Waals surface area (Å²) in [4.78, 5) is 28.7. The van der Waals surface area contributed by atoms with Gasteiger partial charge in [0.05, 0.1) is 11.3 Å². The molecule has 0 spiro atoms. The smallest absolute Gasteiger partial charge is 0.239 e. The first kappa shape index (κ1) is 17.2. The summed E-state index contributed by atoms with van der Waals surface area (Å²) >= 11 is 0. The first-order chi connectivity index (χ1) is 11.4. The summed E-state index contributed by atoms with van der Waals surface area (Å²) in [5.41, 5.74) is 0.346. The molecule has 0 unspecified atom stereocenters. The van der Waals surface area contributed by atoms with Gasteiger partial charge in [-0.1, -0.05) is 12.1 Å². The van der Waals surface area contributed by atoms with Crippen molar-refractivity contribution >= 4 is 17.5 Å². The van der Waals surface area contributed by atoms with Gasteiger partial charge in [0.2, 0.25) is 11.8 Å². The number of nitrogens with one attached hydrogen (secondary N) is 2. The number of anilines is 1. The highest BCUT2D eigenvalue weighted by Gasteiger charge is 2.36. The molecular weight excluding hydrogens is 304 g/mol. The third-order valence-electron chi connectivity index (χ3n) is 3.63. The lowest BCUT2D eigenvalue weighted by atomic mass is 9.90. The fourth-order valence-corrected chi connectivity index (χ4v) is 1.98. The number of nitrogens with zero attached hydrogens (tertiary/aromatic N) is 2. The SMILES string of the molecule is CC(C)(C(=O)NCc1ccncc1)C(=O)Nc1ccccc1C#N. The Morgan fingerprint density at radius 1 is 1.12 bits per heavy atom. The van der Waals surface area contributed by atoms with Gasteiger partial charge in [0.25, 0.3) is 0 Å². The van der Waals surface area contributed by atoms with Crippen molar-refractivity contribution in [2.45, 2.75) is 20.4 Å². The second-order valence-corrected chi connectivity index (χ2v) is 5.77. The zero-order valence-electron chi connectivity index (χ0n) is 13.5. The maximum absolute atomic E-state index is 12.5. The van der Waals surface area contributed by atoms with Gasteiger partial charge < -0.3 is 10.6 Å². The van der Waals surface area contributed by atoms with Crippen molar-refractivity contribution in [3.63, 3.8) is 0 Å². The highest BCUT2D eigenvalue weighted by Crippen LogP contribution is 2.21. The van der Waals surface area contributed by atoms with E-state index in [1.54, 1.807) is 62.6 Å². The Morgan fingerprint density at radius 2 is 1.79 bits per heavy atom. The molecule has 122 valence electrons. The lowest BCUT2D eigenvalue weighted by Crippen LogP contribution is -2.45. The van der Waals surface area contributed by atoms with Gasteiger partial charge in [-0.15, -0.1) is 0 Å². The Kier molecular flexibility index (Phi) is 5.27. The number of para-hydroxylation sites is 1. The van der Waals surface area contributed by atoms with Crippen LogP contribution in [0.15, 0.2) is 48.8 Å². The predicted octanol–water partition coefficient (Wildman–Crippen LogP) is 2.23. The molecule has 24 heavy (non-hydrogen) atoms. The maximum Gasteiger partial charge on any atom is 0.239 e. The van der Waals surface area contributed by atoms with Crippen LogP contribution in [-0.4, -0.2) is 16.8 Å². The highest BCUT2D eigenvalue weighted by atomic mass is 16.2. The summed E-state index contributed by atoms with van der Waals surface area (Å²) in [6.45, 7) is 3.39. The Morgan fingerprint density at radius 3 is 2.46 bits per heavy atom. The summed E-state index contributed by atoms with van der Waals surface area (Å²) in [7, 11) is 0. The molecule has 0 saturated carbocycles. The van der Waals surface area contributed by atoms with Gasteiger partial charge in [0, 0.05) is 18.9 Å². The molecule has 2 N–H and O–H groups in total. The third kappa shape index (κ3) is 3.96. The topological polar surface area (TPSA) is 94.9 Å². The zero-order chi connectivity index (χ0) is 17.6. The molecule has 6 nitrogen and oxygen atoms in total. The Hall–Kier alpha value is -3.20. The standard InChI is InChI=1S/C18H18N4O2/c1-18(2,16(23)21-12-13-7-9-20-10-8-13)17(24)22-15-6-4-3-5-14(15)11-19/h3-10H,12H2,1-2H3,(H,21,23)(H,22,24). The van der Waals surface area contributed by atoms with E-state index in [0.717, 1.165) is 5.56 Å². The second-order valence-electron chi connectivity index (χ2n) is 5.77. The molecule has 1 heterocycles. The number of rotatable bonds is 5. The monoisotopic (exact) mass is 322 g/mol. The number of hydrogen-bond acceptors (Lipinski definition) is 4. The van der Waals surface area contributed by atoms with Gasteiger partial charge in [0.1, 0.15) is 11.5 Å². The van der Waals surface area contributed by atoms with Gasteiger partial charge in [-0.05, 0) is 43.7 Å². The van der Waals surface area contributed by atoms with Gasteiger partial charge in [0.15, 0.2) is 0 Å². The van der Waals surface area contributed by atoms with E-state index in [4.69, 9.17) is 5.26 Å². The van der Waals surface area contributed by atoms with E-state index in [1.807, 2.05) is 6.07 Å². The van der Waals surface area contributed by atoms with Crippen LogP contribution in [0.2, 0.25) is 0 Å². The molecule has 1 aromatic carbocycles. The lowest BCUT2D eigenvalue weighted by molar-refractivity contribution is -0.138. The third-order valence-corrected chi connectivity index (χ3v) is 3.63. The Balaban J connectivity index is 2.04. The molecule has 0 bridgehead atoms. The molecule has 2 amide bonds. The molecule has 0 radical (unpaired) electrons. The van der Waals surface area contributed by atoms with Crippen molar-refractivity contribution < 1.29 is 9.59 Å². The van der Waals surface area contributed by atoms with Crippen molar-refractivity contribution in [2.24, 2.45) is 5.41 Å². The number of aromatic nitrogens is 1. The number of carbonyl (C=O) groups is 2. The van der Waals surface area contributed by atoms with E-state index in [0.29, 0.717) is 17.8 Å². The molecule has 0 aliphatic heterocycles. The highest BCUT2D eigenvalue weighted by molar-refractivity contribution is 6.10. The van der Waals surface area contributed by atoms with Crippen molar-refractivity contribution in [1.82, 2.24) is 10.3 Å². The molecule has 0 saturated heterocycles. The second kappa shape index (κ2) is 7.38. The molecule has 0 aliphatic rings. The van der Waals surface area contributed by atoms with Crippen LogP contribution in [0.3, 0.4) is 0 Å². The van der Waals surface area contributed by atoms with E-state index in [2.05, 4.69) is 15.6 Å². The number of nitriles is 1. The summed E-state index contributed by atoms with van der Waals surface area (Å²) in [5, 5.41) is 14.5. The number of carbonyl (C=O) groups excluding carboxylic acids is 2. The number of amides is 2. The largest absolute Gasteiger partial charge is 0.351 e. The van der Waals surface area contributed by atoms with E-state index in [1.165, 1.54) is 0 Å². The summed E-state index contributed by atoms with van der Waals surface area (Å²) in [6, 6.07) is 12.2. The van der Waals surface area contributed by atoms with E-state index in [9.17, 15) is 9.59 Å². The normalized spacial score (nSPS) is 10.5. The fraction of sp³-hybridized carbons (Fsp3) is 0.222. The maximum atomic E-state index is 12.5.